The standard InChI is InChI=1S/C17H27FN2/c1-3-5-14-6-4-8-20(9-7-14)17-11-15(13-19-2)10-16(18)12-17/h10-12,14,19H,3-9,13H2,1-2H3. The van der Waals surface area contributed by atoms with Gasteiger partial charge in [-0.15, -0.1) is 0 Å². The van der Waals surface area contributed by atoms with E-state index in [9.17, 15) is 4.39 Å². The van der Waals surface area contributed by atoms with E-state index in [0.717, 1.165) is 36.8 Å². The Balaban J connectivity index is 2.07. The third kappa shape index (κ3) is 4.20. The van der Waals surface area contributed by atoms with Gasteiger partial charge in [-0.05, 0) is 56.0 Å². The Bertz CT molecular complexity index is 419. The molecule has 1 aliphatic heterocycles. The largest absolute Gasteiger partial charge is 0.371 e. The van der Waals surface area contributed by atoms with Crippen LogP contribution in [-0.4, -0.2) is 20.1 Å². The zero-order valence-electron chi connectivity index (χ0n) is 12.8. The van der Waals surface area contributed by atoms with Crippen molar-refractivity contribution in [2.75, 3.05) is 25.0 Å². The van der Waals surface area contributed by atoms with E-state index in [1.54, 1.807) is 12.1 Å². The van der Waals surface area contributed by atoms with Gasteiger partial charge in [0.1, 0.15) is 5.82 Å². The number of halogens is 1. The zero-order valence-corrected chi connectivity index (χ0v) is 12.8. The number of nitrogens with zero attached hydrogens (tertiary/aromatic N) is 1. The summed E-state index contributed by atoms with van der Waals surface area (Å²) in [5.74, 6) is 0.734. The van der Waals surface area contributed by atoms with Crippen LogP contribution in [0.25, 0.3) is 0 Å². The average molecular weight is 278 g/mol. The summed E-state index contributed by atoms with van der Waals surface area (Å²) in [6.07, 6.45) is 6.40. The Kier molecular flexibility index (Phi) is 5.84. The van der Waals surface area contributed by atoms with Gasteiger partial charge >= 0.3 is 0 Å². The van der Waals surface area contributed by atoms with Crippen LogP contribution < -0.4 is 10.2 Å². The summed E-state index contributed by atoms with van der Waals surface area (Å²) in [6, 6.07) is 5.43. The molecule has 0 saturated carbocycles. The van der Waals surface area contributed by atoms with Gasteiger partial charge < -0.3 is 10.2 Å². The van der Waals surface area contributed by atoms with E-state index in [1.807, 2.05) is 7.05 Å². The van der Waals surface area contributed by atoms with Crippen LogP contribution in [-0.2, 0) is 6.54 Å². The molecular formula is C17H27FN2. The molecule has 2 nitrogen and oxygen atoms in total. The summed E-state index contributed by atoms with van der Waals surface area (Å²) in [6.45, 7) is 5.10. The van der Waals surface area contributed by atoms with Crippen LogP contribution in [0, 0.1) is 11.7 Å². The van der Waals surface area contributed by atoms with E-state index in [0.29, 0.717) is 0 Å². The first-order valence-electron chi connectivity index (χ1n) is 7.92. The lowest BCUT2D eigenvalue weighted by Gasteiger charge is -2.23. The number of benzene rings is 1. The maximum Gasteiger partial charge on any atom is 0.125 e. The van der Waals surface area contributed by atoms with Gasteiger partial charge in [0.2, 0.25) is 0 Å². The van der Waals surface area contributed by atoms with Gasteiger partial charge in [0.05, 0.1) is 0 Å². The van der Waals surface area contributed by atoms with E-state index in [4.69, 9.17) is 0 Å². The summed E-state index contributed by atoms with van der Waals surface area (Å²) in [5, 5.41) is 3.09. The highest BCUT2D eigenvalue weighted by molar-refractivity contribution is 5.49. The monoisotopic (exact) mass is 278 g/mol. The number of anilines is 1. The number of nitrogens with one attached hydrogen (secondary N) is 1. The Morgan fingerprint density at radius 2 is 2.10 bits per heavy atom. The quantitative estimate of drug-likeness (QED) is 0.877. The SMILES string of the molecule is CCCC1CCCN(c2cc(F)cc(CNC)c2)CC1. The average Bonchev–Trinajstić information content (AvgIpc) is 2.65. The number of hydrogen-bond acceptors (Lipinski definition) is 2. The smallest absolute Gasteiger partial charge is 0.125 e. The van der Waals surface area contributed by atoms with Crippen LogP contribution in [0.2, 0.25) is 0 Å². The molecule has 0 aliphatic carbocycles. The fourth-order valence-electron chi connectivity index (χ4n) is 3.24. The molecule has 1 unspecified atom stereocenters. The molecule has 2 rings (SSSR count). The van der Waals surface area contributed by atoms with E-state index in [2.05, 4.69) is 23.2 Å². The molecule has 1 aromatic rings. The van der Waals surface area contributed by atoms with Gasteiger partial charge in [0, 0.05) is 25.3 Å². The Hall–Kier alpha value is -1.09. The van der Waals surface area contributed by atoms with Crippen LogP contribution in [0.3, 0.4) is 0 Å². The van der Waals surface area contributed by atoms with E-state index in [-0.39, 0.29) is 5.82 Å². The summed E-state index contributed by atoms with van der Waals surface area (Å²) in [7, 11) is 1.89. The van der Waals surface area contributed by atoms with E-state index < -0.39 is 0 Å². The number of rotatable bonds is 5. The highest BCUT2D eigenvalue weighted by Crippen LogP contribution is 2.26. The lowest BCUT2D eigenvalue weighted by atomic mass is 9.96. The lowest BCUT2D eigenvalue weighted by molar-refractivity contribution is 0.435. The third-order valence-corrected chi connectivity index (χ3v) is 4.23. The molecule has 1 N–H and O–H groups in total. The molecule has 3 heteroatoms. The first-order valence-corrected chi connectivity index (χ1v) is 7.92. The Morgan fingerprint density at radius 1 is 1.25 bits per heavy atom. The molecule has 0 amide bonds. The predicted molar refractivity (Wildman–Crippen MR) is 83.6 cm³/mol. The van der Waals surface area contributed by atoms with Crippen LogP contribution >= 0.6 is 0 Å². The van der Waals surface area contributed by atoms with E-state index in [1.165, 1.54) is 32.1 Å². The van der Waals surface area contributed by atoms with Gasteiger partial charge in [0.25, 0.3) is 0 Å². The molecule has 1 aromatic carbocycles. The normalized spacial score (nSPS) is 19.9. The lowest BCUT2D eigenvalue weighted by Crippen LogP contribution is -2.24. The van der Waals surface area contributed by atoms with Gasteiger partial charge in [-0.25, -0.2) is 4.39 Å². The van der Waals surface area contributed by atoms with Crippen LogP contribution in [0.1, 0.15) is 44.6 Å². The van der Waals surface area contributed by atoms with Crippen molar-refractivity contribution in [2.45, 2.75) is 45.6 Å². The maximum atomic E-state index is 13.8. The molecule has 0 aromatic heterocycles. The maximum absolute atomic E-state index is 13.8. The number of hydrogen-bond donors (Lipinski definition) is 1. The third-order valence-electron chi connectivity index (χ3n) is 4.23. The van der Waals surface area contributed by atoms with Crippen molar-refractivity contribution in [2.24, 2.45) is 5.92 Å². The second-order valence-corrected chi connectivity index (χ2v) is 5.92. The molecular weight excluding hydrogens is 251 g/mol. The zero-order chi connectivity index (χ0) is 14.4. The predicted octanol–water partition coefficient (Wildman–Crippen LogP) is 3.95. The second-order valence-electron chi connectivity index (χ2n) is 5.92. The minimum absolute atomic E-state index is 0.123. The fraction of sp³-hybridized carbons (Fsp3) is 0.647. The Morgan fingerprint density at radius 3 is 2.85 bits per heavy atom. The van der Waals surface area contributed by atoms with Crippen LogP contribution in [0.5, 0.6) is 0 Å². The highest BCUT2D eigenvalue weighted by atomic mass is 19.1. The first kappa shape index (κ1) is 15.3. The summed E-state index contributed by atoms with van der Waals surface area (Å²) < 4.78 is 13.8. The van der Waals surface area contributed by atoms with Gasteiger partial charge in [-0.1, -0.05) is 19.8 Å². The summed E-state index contributed by atoms with van der Waals surface area (Å²) >= 11 is 0. The van der Waals surface area contributed by atoms with Crippen molar-refractivity contribution in [1.82, 2.24) is 5.32 Å². The fourth-order valence-corrected chi connectivity index (χ4v) is 3.24. The minimum Gasteiger partial charge on any atom is -0.371 e. The molecule has 0 spiro atoms. The van der Waals surface area contributed by atoms with Crippen molar-refractivity contribution in [3.8, 4) is 0 Å². The van der Waals surface area contributed by atoms with Crippen molar-refractivity contribution >= 4 is 5.69 Å². The van der Waals surface area contributed by atoms with Crippen molar-refractivity contribution < 1.29 is 4.39 Å². The summed E-state index contributed by atoms with van der Waals surface area (Å²) in [4.78, 5) is 2.36. The molecule has 20 heavy (non-hydrogen) atoms. The topological polar surface area (TPSA) is 15.3 Å². The van der Waals surface area contributed by atoms with Crippen molar-refractivity contribution in [3.63, 3.8) is 0 Å². The van der Waals surface area contributed by atoms with E-state index >= 15 is 0 Å². The van der Waals surface area contributed by atoms with Crippen LogP contribution in [0.4, 0.5) is 10.1 Å². The highest BCUT2D eigenvalue weighted by Gasteiger charge is 2.17. The van der Waals surface area contributed by atoms with Crippen molar-refractivity contribution in [1.29, 1.82) is 0 Å². The molecule has 1 saturated heterocycles. The second kappa shape index (κ2) is 7.63. The molecule has 1 heterocycles. The first-order chi connectivity index (χ1) is 9.72. The van der Waals surface area contributed by atoms with Crippen molar-refractivity contribution in [3.05, 3.63) is 29.6 Å². The van der Waals surface area contributed by atoms with Crippen LogP contribution in [0.15, 0.2) is 18.2 Å². The molecule has 0 bridgehead atoms. The molecule has 1 atom stereocenters. The Labute approximate surface area is 122 Å². The van der Waals surface area contributed by atoms with Gasteiger partial charge in [-0.2, -0.15) is 0 Å². The molecule has 1 aliphatic rings. The molecule has 0 radical (unpaired) electrons. The molecule has 112 valence electrons. The summed E-state index contributed by atoms with van der Waals surface area (Å²) in [5.41, 5.74) is 2.07. The minimum atomic E-state index is -0.123. The molecule has 1 fully saturated rings. The van der Waals surface area contributed by atoms with Gasteiger partial charge in [-0.3, -0.25) is 0 Å². The van der Waals surface area contributed by atoms with Gasteiger partial charge in [0.15, 0.2) is 0 Å².